The maximum Gasteiger partial charge on any atom is 0.292 e. The van der Waals surface area contributed by atoms with Crippen LogP contribution in [0.1, 0.15) is 65.7 Å². The van der Waals surface area contributed by atoms with Crippen LogP contribution < -0.4 is 0 Å². The average Bonchev–Trinajstić information content (AvgIpc) is 2.30. The summed E-state index contributed by atoms with van der Waals surface area (Å²) in [6.45, 7) is 6.40. The first-order chi connectivity index (χ1) is 7.46. The van der Waals surface area contributed by atoms with E-state index in [9.17, 15) is 9.70 Å². The highest BCUT2D eigenvalue weighted by molar-refractivity contribution is 5.82. The van der Waals surface area contributed by atoms with Crippen LogP contribution in [0.25, 0.3) is 0 Å². The quantitative estimate of drug-likeness (QED) is 0.677. The molecule has 0 unspecified atom stereocenters. The number of carbonyl (C=O) groups is 1. The zero-order valence-corrected chi connectivity index (χ0v) is 10.7. The summed E-state index contributed by atoms with van der Waals surface area (Å²) >= 11 is 0. The molecule has 0 aromatic rings. The molecule has 0 spiro atoms. The second kappa shape index (κ2) is 5.07. The molecule has 16 heavy (non-hydrogen) atoms. The van der Waals surface area contributed by atoms with E-state index in [2.05, 4.69) is 19.0 Å². The molecule has 1 aliphatic rings. The van der Waals surface area contributed by atoms with E-state index in [1.807, 2.05) is 6.92 Å². The number of nitrogens with zero attached hydrogens (tertiary/aromatic N) is 1. The first-order valence-electron chi connectivity index (χ1n) is 6.34. The largest absolute Gasteiger partial charge is 0.292 e. The van der Waals surface area contributed by atoms with Gasteiger partial charge in [0.2, 0.25) is 0 Å². The summed E-state index contributed by atoms with van der Waals surface area (Å²) in [6, 6.07) is 0. The fraction of sp³-hybridized carbons (Fsp3) is 0.923. The van der Waals surface area contributed by atoms with Crippen LogP contribution in [0.5, 0.6) is 0 Å². The summed E-state index contributed by atoms with van der Waals surface area (Å²) in [5, 5.41) is 2.60. The van der Waals surface area contributed by atoms with Gasteiger partial charge in [-0.3, -0.25) is 4.79 Å². The molecule has 0 aromatic heterocycles. The summed E-state index contributed by atoms with van der Waals surface area (Å²) in [6.07, 6.45) is 7.45. The Morgan fingerprint density at radius 3 is 2.19 bits per heavy atom. The van der Waals surface area contributed by atoms with Crippen molar-refractivity contribution < 1.29 is 4.79 Å². The zero-order valence-electron chi connectivity index (χ0n) is 10.7. The molecular weight excluding hydrogens is 202 g/mol. The van der Waals surface area contributed by atoms with E-state index in [1.165, 1.54) is 19.3 Å². The Morgan fingerprint density at radius 2 is 1.75 bits per heavy atom. The Bertz CT molecular complexity index is 265. The second-order valence-electron chi connectivity index (χ2n) is 5.87. The molecule has 1 rings (SSSR count). The number of unbranched alkanes of at least 4 members (excludes halogenated alkanes) is 1. The van der Waals surface area contributed by atoms with Gasteiger partial charge in [-0.15, -0.1) is 4.91 Å². The van der Waals surface area contributed by atoms with Crippen LogP contribution >= 0.6 is 0 Å². The molecule has 1 saturated carbocycles. The number of rotatable bonds is 4. The van der Waals surface area contributed by atoms with Crippen molar-refractivity contribution in [1.82, 2.24) is 0 Å². The van der Waals surface area contributed by atoms with Crippen molar-refractivity contribution in [2.75, 3.05) is 0 Å². The Hall–Kier alpha value is -0.730. The van der Waals surface area contributed by atoms with E-state index in [0.29, 0.717) is 5.41 Å². The zero-order chi connectivity index (χ0) is 12.2. The lowest BCUT2D eigenvalue weighted by molar-refractivity contribution is -0.129. The molecule has 0 atom stereocenters. The van der Waals surface area contributed by atoms with Crippen LogP contribution in [0.3, 0.4) is 0 Å². The van der Waals surface area contributed by atoms with E-state index < -0.39 is 11.3 Å². The van der Waals surface area contributed by atoms with Crippen LogP contribution in [-0.2, 0) is 4.79 Å². The predicted molar refractivity (Wildman–Crippen MR) is 65.0 cm³/mol. The summed E-state index contributed by atoms with van der Waals surface area (Å²) < 4.78 is 0. The van der Waals surface area contributed by atoms with Gasteiger partial charge in [0.15, 0.2) is 0 Å². The van der Waals surface area contributed by atoms with Gasteiger partial charge in [0.1, 0.15) is 0 Å². The van der Waals surface area contributed by atoms with Gasteiger partial charge in [0.05, 0.1) is 5.41 Å². The topological polar surface area (TPSA) is 46.5 Å². The average molecular weight is 225 g/mol. The maximum atomic E-state index is 11.4. The fourth-order valence-electron chi connectivity index (χ4n) is 2.58. The van der Waals surface area contributed by atoms with Gasteiger partial charge in [-0.05, 0) is 37.5 Å². The third kappa shape index (κ3) is 2.89. The Balaban J connectivity index is 2.55. The summed E-state index contributed by atoms with van der Waals surface area (Å²) in [5.41, 5.74) is -0.105. The van der Waals surface area contributed by atoms with Crippen molar-refractivity contribution in [3.05, 3.63) is 4.91 Å². The lowest BCUT2D eigenvalue weighted by Gasteiger charge is -2.41. The minimum Gasteiger partial charge on any atom is -0.268 e. The van der Waals surface area contributed by atoms with E-state index >= 15 is 0 Å². The highest BCUT2D eigenvalue weighted by atomic mass is 16.3. The van der Waals surface area contributed by atoms with Gasteiger partial charge >= 0.3 is 0 Å². The van der Waals surface area contributed by atoms with E-state index in [-0.39, 0.29) is 0 Å². The number of hydrogen-bond donors (Lipinski definition) is 0. The van der Waals surface area contributed by atoms with Crippen LogP contribution in [0.15, 0.2) is 5.18 Å². The van der Waals surface area contributed by atoms with Gasteiger partial charge in [0.25, 0.3) is 5.91 Å². The third-order valence-electron chi connectivity index (χ3n) is 4.29. The third-order valence-corrected chi connectivity index (χ3v) is 4.29. The minimum atomic E-state index is -0.479. The van der Waals surface area contributed by atoms with E-state index in [0.717, 1.165) is 25.7 Å². The number of nitroso groups, excluding NO2 is 1. The minimum absolute atomic E-state index is 0.374. The number of amides is 1. The molecule has 1 amide bonds. The Kier molecular flexibility index (Phi) is 4.22. The van der Waals surface area contributed by atoms with Crippen molar-refractivity contribution in [2.24, 2.45) is 16.0 Å². The van der Waals surface area contributed by atoms with Gasteiger partial charge in [-0.2, -0.15) is 0 Å². The standard InChI is InChI=1S/C13H23NO2/c1-4-5-6-12(2)7-9-13(3,10-8-12)11(15)14-16/h4-10H2,1-3H3. The molecule has 0 bridgehead atoms. The molecular formula is C13H23NO2. The molecule has 0 saturated heterocycles. The first-order valence-corrected chi connectivity index (χ1v) is 6.34. The van der Waals surface area contributed by atoms with Gasteiger partial charge in [0, 0.05) is 5.18 Å². The summed E-state index contributed by atoms with van der Waals surface area (Å²) in [7, 11) is 0. The molecule has 3 nitrogen and oxygen atoms in total. The van der Waals surface area contributed by atoms with Crippen LogP contribution in [0.4, 0.5) is 0 Å². The summed E-state index contributed by atoms with van der Waals surface area (Å²) in [4.78, 5) is 21.8. The lowest BCUT2D eigenvalue weighted by Crippen LogP contribution is -2.35. The monoisotopic (exact) mass is 225 g/mol. The molecule has 0 N–H and O–H groups in total. The molecule has 0 heterocycles. The van der Waals surface area contributed by atoms with Crippen molar-refractivity contribution in [3.8, 4) is 0 Å². The van der Waals surface area contributed by atoms with Crippen molar-refractivity contribution in [1.29, 1.82) is 0 Å². The Labute approximate surface area is 98.0 Å². The predicted octanol–water partition coefficient (Wildman–Crippen LogP) is 4.06. The van der Waals surface area contributed by atoms with Crippen molar-refractivity contribution in [3.63, 3.8) is 0 Å². The second-order valence-corrected chi connectivity index (χ2v) is 5.87. The number of hydrogen-bond acceptors (Lipinski definition) is 2. The molecule has 0 aliphatic heterocycles. The molecule has 0 radical (unpaired) electrons. The van der Waals surface area contributed by atoms with Crippen LogP contribution in [0, 0.1) is 15.7 Å². The van der Waals surface area contributed by atoms with Crippen molar-refractivity contribution in [2.45, 2.75) is 65.7 Å². The normalized spacial score (nSPS) is 34.7. The molecule has 1 fully saturated rings. The van der Waals surface area contributed by atoms with Gasteiger partial charge in [-0.25, -0.2) is 0 Å². The highest BCUT2D eigenvalue weighted by Crippen LogP contribution is 2.48. The van der Waals surface area contributed by atoms with Crippen molar-refractivity contribution >= 4 is 5.91 Å². The lowest BCUT2D eigenvalue weighted by atomic mass is 9.63. The maximum absolute atomic E-state index is 11.4. The number of carbonyl (C=O) groups excluding carboxylic acids is 1. The van der Waals surface area contributed by atoms with Gasteiger partial charge < -0.3 is 0 Å². The van der Waals surface area contributed by atoms with E-state index in [1.54, 1.807) is 0 Å². The molecule has 3 heteroatoms. The fourth-order valence-corrected chi connectivity index (χ4v) is 2.58. The first kappa shape index (κ1) is 13.3. The SMILES string of the molecule is CCCCC1(C)CCC(C)(C(=O)N=O)CC1. The molecule has 0 aromatic carbocycles. The smallest absolute Gasteiger partial charge is 0.268 e. The van der Waals surface area contributed by atoms with Crippen LogP contribution in [-0.4, -0.2) is 5.91 Å². The van der Waals surface area contributed by atoms with E-state index in [4.69, 9.17) is 0 Å². The van der Waals surface area contributed by atoms with Gasteiger partial charge in [-0.1, -0.05) is 33.6 Å². The molecule has 1 aliphatic carbocycles. The Morgan fingerprint density at radius 1 is 1.19 bits per heavy atom. The highest BCUT2D eigenvalue weighted by Gasteiger charge is 2.42. The van der Waals surface area contributed by atoms with Crippen LogP contribution in [0.2, 0.25) is 0 Å². The molecule has 92 valence electrons. The summed E-state index contributed by atoms with van der Waals surface area (Å²) in [5.74, 6) is -0.454.